The molecule has 2 aromatic rings. The van der Waals surface area contributed by atoms with Crippen molar-refractivity contribution in [1.29, 1.82) is 0 Å². The van der Waals surface area contributed by atoms with Crippen molar-refractivity contribution in [3.63, 3.8) is 0 Å². The van der Waals surface area contributed by atoms with E-state index in [2.05, 4.69) is 51.0 Å². The molecule has 1 aliphatic rings. The lowest BCUT2D eigenvalue weighted by atomic mass is 10.2. The average Bonchev–Trinajstić information content (AvgIpc) is 2.83. The predicted octanol–water partition coefficient (Wildman–Crippen LogP) is 2.39. The Morgan fingerprint density at radius 3 is 2.44 bits per heavy atom. The van der Waals surface area contributed by atoms with Gasteiger partial charge in [0.05, 0.1) is 11.5 Å². The van der Waals surface area contributed by atoms with E-state index in [9.17, 15) is 13.2 Å². The van der Waals surface area contributed by atoms with E-state index in [0.29, 0.717) is 18.9 Å². The van der Waals surface area contributed by atoms with Crippen molar-refractivity contribution in [1.82, 2.24) is 14.9 Å². The summed E-state index contributed by atoms with van der Waals surface area (Å²) in [7, 11) is -3.65. The number of carbonyl (C=O) groups excluding carboxylic acids is 1. The van der Waals surface area contributed by atoms with Crippen molar-refractivity contribution in [2.45, 2.75) is 31.6 Å². The maximum absolute atomic E-state index is 12.4. The highest BCUT2D eigenvalue weighted by atomic mass is 32.2. The van der Waals surface area contributed by atoms with Crippen LogP contribution in [0.4, 0.5) is 5.69 Å². The van der Waals surface area contributed by atoms with Gasteiger partial charge in [0.15, 0.2) is 0 Å². The van der Waals surface area contributed by atoms with Crippen LogP contribution in [0.5, 0.6) is 5.75 Å². The van der Waals surface area contributed by atoms with Crippen LogP contribution in [0.2, 0.25) is 0 Å². The molecule has 0 aromatic heterocycles. The van der Waals surface area contributed by atoms with Crippen molar-refractivity contribution in [3.8, 4) is 5.75 Å². The lowest BCUT2D eigenvalue weighted by Crippen LogP contribution is -2.47. The lowest BCUT2D eigenvalue weighted by Gasteiger charge is -2.36. The van der Waals surface area contributed by atoms with Crippen LogP contribution in [0.25, 0.3) is 0 Å². The van der Waals surface area contributed by atoms with Crippen LogP contribution < -0.4 is 19.7 Å². The maximum atomic E-state index is 12.4. The van der Waals surface area contributed by atoms with Gasteiger partial charge in [-0.1, -0.05) is 12.1 Å². The van der Waals surface area contributed by atoms with Gasteiger partial charge >= 0.3 is 0 Å². The normalized spacial score (nSPS) is 14.7. The third-order valence-corrected chi connectivity index (χ3v) is 7.28. The molecular weight excluding hydrogens is 452 g/mol. The van der Waals surface area contributed by atoms with Crippen LogP contribution in [0.15, 0.2) is 53.4 Å². The van der Waals surface area contributed by atoms with Crippen LogP contribution in [-0.2, 0) is 14.8 Å². The molecule has 8 nitrogen and oxygen atoms in total. The van der Waals surface area contributed by atoms with Crippen molar-refractivity contribution in [2.75, 3.05) is 57.3 Å². The third kappa shape index (κ3) is 8.00. The fourth-order valence-corrected chi connectivity index (χ4v) is 4.97. The molecule has 1 aliphatic heterocycles. The minimum atomic E-state index is -3.65. The fourth-order valence-electron chi connectivity index (χ4n) is 3.94. The summed E-state index contributed by atoms with van der Waals surface area (Å²) in [6.07, 6.45) is 0.972. The van der Waals surface area contributed by atoms with Gasteiger partial charge in [-0.25, -0.2) is 13.1 Å². The first-order valence-corrected chi connectivity index (χ1v) is 13.4. The first kappa shape index (κ1) is 26.0. The van der Waals surface area contributed by atoms with Crippen molar-refractivity contribution in [2.24, 2.45) is 0 Å². The highest BCUT2D eigenvalue weighted by Crippen LogP contribution is 2.18. The lowest BCUT2D eigenvalue weighted by molar-refractivity contribution is -0.120. The number of anilines is 1. The predicted molar refractivity (Wildman–Crippen MR) is 135 cm³/mol. The van der Waals surface area contributed by atoms with E-state index in [1.54, 1.807) is 12.1 Å². The summed E-state index contributed by atoms with van der Waals surface area (Å²) in [6, 6.07) is 14.8. The summed E-state index contributed by atoms with van der Waals surface area (Å²) >= 11 is 0. The first-order valence-electron chi connectivity index (χ1n) is 11.9. The van der Waals surface area contributed by atoms with E-state index < -0.39 is 10.0 Å². The molecule has 186 valence electrons. The number of hydrogen-bond acceptors (Lipinski definition) is 6. The van der Waals surface area contributed by atoms with Gasteiger partial charge in [0.2, 0.25) is 15.9 Å². The van der Waals surface area contributed by atoms with Crippen LogP contribution in [0.1, 0.15) is 25.3 Å². The summed E-state index contributed by atoms with van der Waals surface area (Å²) < 4.78 is 32.5. The first-order chi connectivity index (χ1) is 16.4. The Balaban J connectivity index is 1.28. The second-order valence-corrected chi connectivity index (χ2v) is 10.2. The number of piperazine rings is 1. The zero-order chi connectivity index (χ0) is 24.4. The molecule has 1 fully saturated rings. The fraction of sp³-hybridized carbons (Fsp3) is 0.480. The van der Waals surface area contributed by atoms with E-state index in [1.807, 2.05) is 6.92 Å². The Bertz CT molecular complexity index is 1020. The Kier molecular flexibility index (Phi) is 9.74. The molecule has 0 atom stereocenters. The molecule has 1 saturated heterocycles. The molecule has 0 saturated carbocycles. The molecule has 2 N–H and O–H groups in total. The highest BCUT2D eigenvalue weighted by molar-refractivity contribution is 7.89. The molecule has 0 spiro atoms. The van der Waals surface area contributed by atoms with Gasteiger partial charge in [0.25, 0.3) is 0 Å². The van der Waals surface area contributed by atoms with Crippen LogP contribution >= 0.6 is 0 Å². The Morgan fingerprint density at radius 1 is 1.03 bits per heavy atom. The summed E-state index contributed by atoms with van der Waals surface area (Å²) in [4.78, 5) is 17.1. The summed E-state index contributed by atoms with van der Waals surface area (Å²) in [6.45, 7) is 10.1. The van der Waals surface area contributed by atoms with Gasteiger partial charge < -0.3 is 15.0 Å². The number of rotatable bonds is 12. The number of carbonyl (C=O) groups is 1. The van der Waals surface area contributed by atoms with Crippen molar-refractivity contribution in [3.05, 3.63) is 54.1 Å². The highest BCUT2D eigenvalue weighted by Gasteiger charge is 2.17. The zero-order valence-corrected chi connectivity index (χ0v) is 20.9. The standard InChI is InChI=1S/C25H36N4O4S/c1-3-33-23-8-10-24(11-9-23)34(31,32)27-14-12-25(30)26-13-5-15-28-16-18-29(19-17-28)22-7-4-6-21(2)20-22/h4,6-11,20,27H,3,5,12-19H2,1-2H3,(H,26,30). The largest absolute Gasteiger partial charge is 0.494 e. The number of amides is 1. The minimum absolute atomic E-state index is 0.0578. The second kappa shape index (κ2) is 12.7. The third-order valence-electron chi connectivity index (χ3n) is 5.80. The topological polar surface area (TPSA) is 91.0 Å². The minimum Gasteiger partial charge on any atom is -0.494 e. The number of nitrogens with zero attached hydrogens (tertiary/aromatic N) is 2. The molecule has 3 rings (SSSR count). The molecule has 1 amide bonds. The Hall–Kier alpha value is -2.62. The van der Waals surface area contributed by atoms with E-state index in [0.717, 1.165) is 39.1 Å². The van der Waals surface area contributed by atoms with Gasteiger partial charge in [-0.2, -0.15) is 0 Å². The number of benzene rings is 2. The number of sulfonamides is 1. The van der Waals surface area contributed by atoms with E-state index >= 15 is 0 Å². The summed E-state index contributed by atoms with van der Waals surface area (Å²) in [5.41, 5.74) is 2.56. The molecule has 2 aromatic carbocycles. The molecule has 0 radical (unpaired) electrons. The van der Waals surface area contributed by atoms with E-state index in [-0.39, 0.29) is 23.8 Å². The van der Waals surface area contributed by atoms with Crippen LogP contribution in [-0.4, -0.2) is 71.6 Å². The summed E-state index contributed by atoms with van der Waals surface area (Å²) in [5, 5.41) is 2.88. The summed E-state index contributed by atoms with van der Waals surface area (Å²) in [5.74, 6) is 0.465. The van der Waals surface area contributed by atoms with Crippen LogP contribution in [0, 0.1) is 6.92 Å². The number of nitrogens with one attached hydrogen (secondary N) is 2. The van der Waals surface area contributed by atoms with Crippen molar-refractivity contribution >= 4 is 21.6 Å². The van der Waals surface area contributed by atoms with E-state index in [1.165, 1.54) is 23.4 Å². The van der Waals surface area contributed by atoms with Gasteiger partial charge in [0.1, 0.15) is 5.75 Å². The molecule has 9 heteroatoms. The number of hydrogen-bond donors (Lipinski definition) is 2. The Morgan fingerprint density at radius 2 is 1.76 bits per heavy atom. The van der Waals surface area contributed by atoms with Gasteiger partial charge in [-0.05, 0) is 68.8 Å². The number of aryl methyl sites for hydroxylation is 1. The van der Waals surface area contributed by atoms with Gasteiger partial charge in [0, 0.05) is 51.4 Å². The Labute approximate surface area is 203 Å². The maximum Gasteiger partial charge on any atom is 0.240 e. The van der Waals surface area contributed by atoms with Crippen LogP contribution in [0.3, 0.4) is 0 Å². The average molecular weight is 489 g/mol. The van der Waals surface area contributed by atoms with Gasteiger partial charge in [-0.3, -0.25) is 9.69 Å². The molecule has 0 aliphatic carbocycles. The van der Waals surface area contributed by atoms with Crippen molar-refractivity contribution < 1.29 is 17.9 Å². The molecule has 34 heavy (non-hydrogen) atoms. The number of ether oxygens (including phenoxy) is 1. The SMILES string of the molecule is CCOc1ccc(S(=O)(=O)NCCC(=O)NCCCN2CCN(c3cccc(C)c3)CC2)cc1. The molecule has 0 bridgehead atoms. The molecular formula is C25H36N4O4S. The monoisotopic (exact) mass is 488 g/mol. The quantitative estimate of drug-likeness (QED) is 0.446. The van der Waals surface area contributed by atoms with E-state index in [4.69, 9.17) is 4.74 Å². The molecule has 1 heterocycles. The van der Waals surface area contributed by atoms with Gasteiger partial charge in [-0.15, -0.1) is 0 Å². The second-order valence-electron chi connectivity index (χ2n) is 8.42. The molecule has 0 unspecified atom stereocenters. The zero-order valence-electron chi connectivity index (χ0n) is 20.1. The smallest absolute Gasteiger partial charge is 0.240 e.